The van der Waals surface area contributed by atoms with Crippen LogP contribution in [0.25, 0.3) is 0 Å². The van der Waals surface area contributed by atoms with Crippen molar-refractivity contribution >= 4 is 11.8 Å². The number of rotatable bonds is 4. The molecule has 4 N–H and O–H groups in total. The molecule has 1 aliphatic heterocycles. The highest BCUT2D eigenvalue weighted by Gasteiger charge is 2.30. The van der Waals surface area contributed by atoms with Crippen molar-refractivity contribution in [2.75, 3.05) is 26.2 Å². The second kappa shape index (κ2) is 4.92. The number of nitrogens with zero attached hydrogens (tertiary/aromatic N) is 1. The first-order chi connectivity index (χ1) is 6.65. The first kappa shape index (κ1) is 10.9. The van der Waals surface area contributed by atoms with Crippen LogP contribution in [0.3, 0.4) is 0 Å². The Morgan fingerprint density at radius 1 is 1.71 bits per heavy atom. The molecule has 0 radical (unpaired) electrons. The normalized spacial score (nSPS) is 21.4. The van der Waals surface area contributed by atoms with Crippen LogP contribution in [0.1, 0.15) is 6.42 Å². The molecule has 6 heteroatoms. The molecule has 0 spiro atoms. The van der Waals surface area contributed by atoms with Gasteiger partial charge in [0, 0.05) is 19.6 Å². The number of amides is 2. The van der Waals surface area contributed by atoms with Gasteiger partial charge in [0.1, 0.15) is 6.10 Å². The summed E-state index contributed by atoms with van der Waals surface area (Å²) in [5.74, 6) is -0.606. The lowest BCUT2D eigenvalue weighted by atomic mass is 10.3. The molecule has 0 aromatic carbocycles. The van der Waals surface area contributed by atoms with Crippen LogP contribution in [0.2, 0.25) is 0 Å². The molecule has 0 saturated carbocycles. The van der Waals surface area contributed by atoms with Gasteiger partial charge in [0.25, 0.3) is 5.91 Å². The summed E-state index contributed by atoms with van der Waals surface area (Å²) in [6.07, 6.45) is -0.527. The van der Waals surface area contributed by atoms with E-state index < -0.39 is 6.10 Å². The minimum atomic E-state index is -0.933. The predicted octanol–water partition coefficient (Wildman–Crippen LogP) is -2.35. The highest BCUT2D eigenvalue weighted by atomic mass is 16.3. The Kier molecular flexibility index (Phi) is 3.84. The maximum Gasteiger partial charge on any atom is 0.251 e. The molecule has 1 rings (SSSR count). The van der Waals surface area contributed by atoms with E-state index in [1.165, 1.54) is 4.90 Å². The fraction of sp³-hybridized carbons (Fsp3) is 0.750. The molecule has 1 saturated heterocycles. The highest BCUT2D eigenvalue weighted by molar-refractivity contribution is 5.88. The van der Waals surface area contributed by atoms with E-state index in [0.717, 1.165) is 0 Å². The van der Waals surface area contributed by atoms with Gasteiger partial charge in [-0.05, 0) is 6.42 Å². The Hall–Kier alpha value is -1.14. The fourth-order valence-electron chi connectivity index (χ4n) is 1.32. The Morgan fingerprint density at radius 3 is 2.93 bits per heavy atom. The van der Waals surface area contributed by atoms with Gasteiger partial charge in [0.05, 0.1) is 6.54 Å². The van der Waals surface area contributed by atoms with Crippen molar-refractivity contribution in [1.82, 2.24) is 10.2 Å². The number of carbonyl (C=O) groups excluding carboxylic acids is 2. The van der Waals surface area contributed by atoms with E-state index in [2.05, 4.69) is 5.32 Å². The van der Waals surface area contributed by atoms with E-state index in [1.807, 2.05) is 0 Å². The largest absolute Gasteiger partial charge is 0.383 e. The Labute approximate surface area is 82.1 Å². The third kappa shape index (κ3) is 2.68. The van der Waals surface area contributed by atoms with Crippen molar-refractivity contribution in [3.8, 4) is 0 Å². The van der Waals surface area contributed by atoms with Crippen molar-refractivity contribution < 1.29 is 14.7 Å². The molecule has 6 nitrogen and oxygen atoms in total. The molecule has 0 aromatic rings. The van der Waals surface area contributed by atoms with E-state index in [9.17, 15) is 9.59 Å². The van der Waals surface area contributed by atoms with Crippen LogP contribution in [-0.2, 0) is 9.59 Å². The molecule has 0 aromatic heterocycles. The van der Waals surface area contributed by atoms with E-state index in [1.54, 1.807) is 0 Å². The number of carbonyl (C=O) groups is 2. The van der Waals surface area contributed by atoms with Gasteiger partial charge in [-0.15, -0.1) is 0 Å². The molecule has 1 atom stereocenters. The third-order valence-electron chi connectivity index (χ3n) is 2.07. The number of hydrogen-bond donors (Lipinski definition) is 3. The average Bonchev–Trinajstić information content (AvgIpc) is 2.46. The van der Waals surface area contributed by atoms with Crippen LogP contribution in [-0.4, -0.2) is 54.1 Å². The van der Waals surface area contributed by atoms with E-state index in [0.29, 0.717) is 26.1 Å². The second-order valence-electron chi connectivity index (χ2n) is 3.20. The molecule has 0 aliphatic carbocycles. The third-order valence-corrected chi connectivity index (χ3v) is 2.07. The summed E-state index contributed by atoms with van der Waals surface area (Å²) >= 11 is 0. The maximum absolute atomic E-state index is 11.2. The minimum Gasteiger partial charge on any atom is -0.383 e. The van der Waals surface area contributed by atoms with Crippen LogP contribution < -0.4 is 11.1 Å². The molecular weight excluding hydrogens is 186 g/mol. The quantitative estimate of drug-likeness (QED) is 0.474. The lowest BCUT2D eigenvalue weighted by molar-refractivity contribution is -0.137. The van der Waals surface area contributed by atoms with Gasteiger partial charge in [-0.1, -0.05) is 0 Å². The summed E-state index contributed by atoms with van der Waals surface area (Å²) in [4.78, 5) is 23.7. The average molecular weight is 201 g/mol. The van der Waals surface area contributed by atoms with Crippen LogP contribution in [0, 0.1) is 0 Å². The molecule has 0 bridgehead atoms. The van der Waals surface area contributed by atoms with Crippen LogP contribution >= 0.6 is 0 Å². The summed E-state index contributed by atoms with van der Waals surface area (Å²) in [7, 11) is 0. The second-order valence-corrected chi connectivity index (χ2v) is 3.20. The van der Waals surface area contributed by atoms with Crippen molar-refractivity contribution in [2.45, 2.75) is 12.5 Å². The molecule has 1 unspecified atom stereocenters. The number of nitrogens with two attached hydrogens (primary N) is 1. The SMILES string of the molecule is NCCNC(=O)CN1CCC(O)C1=O. The summed E-state index contributed by atoms with van der Waals surface area (Å²) in [5.41, 5.74) is 5.20. The smallest absolute Gasteiger partial charge is 0.251 e. The molecule has 1 heterocycles. The maximum atomic E-state index is 11.2. The summed E-state index contributed by atoms with van der Waals surface area (Å²) in [6.45, 7) is 1.23. The lowest BCUT2D eigenvalue weighted by Crippen LogP contribution is -2.40. The first-order valence-corrected chi connectivity index (χ1v) is 4.58. The number of likely N-dealkylation sites (tertiary alicyclic amines) is 1. The molecular formula is C8H15N3O3. The molecule has 1 fully saturated rings. The minimum absolute atomic E-state index is 0.00981. The van der Waals surface area contributed by atoms with E-state index >= 15 is 0 Å². The van der Waals surface area contributed by atoms with Gasteiger partial charge in [-0.3, -0.25) is 9.59 Å². The van der Waals surface area contributed by atoms with Crippen molar-refractivity contribution in [2.24, 2.45) is 5.73 Å². The van der Waals surface area contributed by atoms with Gasteiger partial charge < -0.3 is 21.1 Å². The van der Waals surface area contributed by atoms with Crippen LogP contribution in [0.5, 0.6) is 0 Å². The van der Waals surface area contributed by atoms with Crippen molar-refractivity contribution in [3.05, 3.63) is 0 Å². The van der Waals surface area contributed by atoms with Gasteiger partial charge in [0.2, 0.25) is 5.91 Å². The number of aliphatic hydroxyl groups excluding tert-OH is 1. The molecule has 1 aliphatic rings. The summed E-state index contributed by atoms with van der Waals surface area (Å²) < 4.78 is 0. The van der Waals surface area contributed by atoms with Crippen molar-refractivity contribution in [3.63, 3.8) is 0 Å². The lowest BCUT2D eigenvalue weighted by Gasteiger charge is -2.14. The van der Waals surface area contributed by atoms with Gasteiger partial charge in [0.15, 0.2) is 0 Å². The van der Waals surface area contributed by atoms with Crippen molar-refractivity contribution in [1.29, 1.82) is 0 Å². The van der Waals surface area contributed by atoms with Gasteiger partial charge in [-0.2, -0.15) is 0 Å². The van der Waals surface area contributed by atoms with Crippen LogP contribution in [0.15, 0.2) is 0 Å². The van der Waals surface area contributed by atoms with Crippen LogP contribution in [0.4, 0.5) is 0 Å². The Balaban J connectivity index is 2.30. The standard InChI is InChI=1S/C8H15N3O3/c9-2-3-10-7(13)5-11-4-1-6(12)8(11)14/h6,12H,1-5,9H2,(H,10,13). The zero-order chi connectivity index (χ0) is 10.6. The highest BCUT2D eigenvalue weighted by Crippen LogP contribution is 2.09. The topological polar surface area (TPSA) is 95.7 Å². The van der Waals surface area contributed by atoms with Gasteiger partial charge >= 0.3 is 0 Å². The van der Waals surface area contributed by atoms with E-state index in [-0.39, 0.29) is 18.4 Å². The Morgan fingerprint density at radius 2 is 2.43 bits per heavy atom. The number of nitrogens with one attached hydrogen (secondary N) is 1. The first-order valence-electron chi connectivity index (χ1n) is 4.58. The zero-order valence-electron chi connectivity index (χ0n) is 7.90. The summed E-state index contributed by atoms with van der Waals surface area (Å²) in [5, 5.41) is 11.7. The zero-order valence-corrected chi connectivity index (χ0v) is 7.90. The molecule has 80 valence electrons. The molecule has 2 amide bonds. The van der Waals surface area contributed by atoms with E-state index in [4.69, 9.17) is 10.8 Å². The van der Waals surface area contributed by atoms with Gasteiger partial charge in [-0.25, -0.2) is 0 Å². The Bertz CT molecular complexity index is 232. The molecule has 14 heavy (non-hydrogen) atoms. The fourth-order valence-corrected chi connectivity index (χ4v) is 1.32. The monoisotopic (exact) mass is 201 g/mol. The number of aliphatic hydroxyl groups is 1. The summed E-state index contributed by atoms with van der Waals surface area (Å²) in [6, 6.07) is 0. The predicted molar refractivity (Wildman–Crippen MR) is 49.3 cm³/mol. The number of hydrogen-bond acceptors (Lipinski definition) is 4.